The van der Waals surface area contributed by atoms with Gasteiger partial charge in [-0.2, -0.15) is 0 Å². The molecule has 0 aromatic carbocycles. The Morgan fingerprint density at radius 2 is 2.58 bits per heavy atom. The zero-order valence-corrected chi connectivity index (χ0v) is 6.99. The summed E-state index contributed by atoms with van der Waals surface area (Å²) in [7, 11) is 0. The Kier molecular flexibility index (Phi) is 3.09. The second-order valence-electron chi connectivity index (χ2n) is 2.55. The molecule has 0 radical (unpaired) electrons. The molecule has 1 aromatic heterocycles. The molecule has 0 saturated heterocycles. The summed E-state index contributed by atoms with van der Waals surface area (Å²) >= 11 is 0. The Morgan fingerprint density at radius 3 is 3.17 bits per heavy atom. The lowest BCUT2D eigenvalue weighted by Gasteiger charge is -2.10. The Labute approximate surface area is 72.2 Å². The smallest absolute Gasteiger partial charge is 0.129 e. The van der Waals surface area contributed by atoms with Gasteiger partial charge < -0.3 is 5.32 Å². The summed E-state index contributed by atoms with van der Waals surface area (Å²) in [4.78, 5) is 7.82. The van der Waals surface area contributed by atoms with Gasteiger partial charge in [0.25, 0.3) is 0 Å². The van der Waals surface area contributed by atoms with Crippen molar-refractivity contribution in [2.45, 2.75) is 19.4 Å². The first-order chi connectivity index (χ1) is 5.83. The summed E-state index contributed by atoms with van der Waals surface area (Å²) in [6, 6.07) is 2.07. The van der Waals surface area contributed by atoms with E-state index in [4.69, 9.17) is 6.42 Å². The zero-order chi connectivity index (χ0) is 8.81. The molecule has 0 aliphatic rings. The van der Waals surface area contributed by atoms with Crippen LogP contribution in [0.3, 0.4) is 0 Å². The van der Waals surface area contributed by atoms with Gasteiger partial charge in [-0.3, -0.25) is 0 Å². The largest absolute Gasteiger partial charge is 0.367 e. The molecule has 1 N–H and O–H groups in total. The van der Waals surface area contributed by atoms with Crippen LogP contribution in [0.15, 0.2) is 18.6 Å². The topological polar surface area (TPSA) is 37.8 Å². The predicted octanol–water partition coefficient (Wildman–Crippen LogP) is 1.30. The van der Waals surface area contributed by atoms with E-state index < -0.39 is 0 Å². The van der Waals surface area contributed by atoms with E-state index >= 15 is 0 Å². The third kappa shape index (κ3) is 2.59. The fourth-order valence-corrected chi connectivity index (χ4v) is 0.856. The molecule has 1 unspecified atom stereocenters. The van der Waals surface area contributed by atoms with Gasteiger partial charge in [-0.25, -0.2) is 9.97 Å². The fraction of sp³-hybridized carbons (Fsp3) is 0.333. The minimum absolute atomic E-state index is 0.255. The van der Waals surface area contributed by atoms with Crippen LogP contribution in [-0.4, -0.2) is 16.0 Å². The van der Waals surface area contributed by atoms with Crippen LogP contribution >= 0.6 is 0 Å². The van der Waals surface area contributed by atoms with Gasteiger partial charge in [0.1, 0.15) is 12.1 Å². The van der Waals surface area contributed by atoms with Crippen LogP contribution in [0.4, 0.5) is 5.82 Å². The van der Waals surface area contributed by atoms with Crippen molar-refractivity contribution in [1.29, 1.82) is 0 Å². The maximum absolute atomic E-state index is 5.16. The molecule has 0 aliphatic heterocycles. The van der Waals surface area contributed by atoms with Crippen molar-refractivity contribution in [3.8, 4) is 12.3 Å². The quantitative estimate of drug-likeness (QED) is 0.679. The molecule has 1 rings (SSSR count). The molecular weight excluding hydrogens is 150 g/mol. The first-order valence-corrected chi connectivity index (χ1v) is 3.79. The van der Waals surface area contributed by atoms with Crippen molar-refractivity contribution in [2.24, 2.45) is 0 Å². The SMILES string of the molecule is C#CCC(C)Nc1ccncn1. The third-order valence-corrected chi connectivity index (χ3v) is 1.40. The predicted molar refractivity (Wildman–Crippen MR) is 48.6 cm³/mol. The molecule has 1 aromatic rings. The number of aromatic nitrogens is 2. The number of nitrogens with zero attached hydrogens (tertiary/aromatic N) is 2. The average molecular weight is 161 g/mol. The molecule has 0 bridgehead atoms. The van der Waals surface area contributed by atoms with Crippen molar-refractivity contribution >= 4 is 5.82 Å². The van der Waals surface area contributed by atoms with Gasteiger partial charge in [-0.1, -0.05) is 0 Å². The van der Waals surface area contributed by atoms with Crippen LogP contribution < -0.4 is 5.32 Å². The maximum Gasteiger partial charge on any atom is 0.129 e. The molecule has 62 valence electrons. The monoisotopic (exact) mass is 161 g/mol. The number of hydrogen-bond donors (Lipinski definition) is 1. The molecule has 3 nitrogen and oxygen atoms in total. The standard InChI is InChI=1S/C9H11N3/c1-3-4-8(2)12-9-5-6-10-7-11-9/h1,5-8H,4H2,2H3,(H,10,11,12). The Bertz CT molecular complexity index is 263. The molecule has 1 atom stereocenters. The number of hydrogen-bond acceptors (Lipinski definition) is 3. The van der Waals surface area contributed by atoms with Crippen LogP contribution in [-0.2, 0) is 0 Å². The van der Waals surface area contributed by atoms with Crippen LogP contribution in [0.5, 0.6) is 0 Å². The van der Waals surface area contributed by atoms with E-state index in [-0.39, 0.29) is 6.04 Å². The van der Waals surface area contributed by atoms with E-state index in [1.54, 1.807) is 6.20 Å². The normalized spacial score (nSPS) is 11.7. The highest BCUT2D eigenvalue weighted by Gasteiger charge is 1.98. The Morgan fingerprint density at radius 1 is 1.75 bits per heavy atom. The van der Waals surface area contributed by atoms with E-state index in [1.165, 1.54) is 6.33 Å². The Balaban J connectivity index is 2.48. The third-order valence-electron chi connectivity index (χ3n) is 1.40. The van der Waals surface area contributed by atoms with Crippen LogP contribution in [0, 0.1) is 12.3 Å². The van der Waals surface area contributed by atoms with E-state index in [1.807, 2.05) is 13.0 Å². The highest BCUT2D eigenvalue weighted by atomic mass is 15.0. The lowest BCUT2D eigenvalue weighted by Crippen LogP contribution is -2.14. The average Bonchev–Trinajstić information content (AvgIpc) is 2.06. The number of anilines is 1. The number of terminal acetylenes is 1. The van der Waals surface area contributed by atoms with E-state index in [0.29, 0.717) is 6.42 Å². The fourth-order valence-electron chi connectivity index (χ4n) is 0.856. The summed E-state index contributed by atoms with van der Waals surface area (Å²) < 4.78 is 0. The molecule has 0 amide bonds. The van der Waals surface area contributed by atoms with Gasteiger partial charge in [0.15, 0.2) is 0 Å². The van der Waals surface area contributed by atoms with Gasteiger partial charge in [0.2, 0.25) is 0 Å². The molecule has 0 fully saturated rings. The van der Waals surface area contributed by atoms with E-state index in [0.717, 1.165) is 5.82 Å². The minimum Gasteiger partial charge on any atom is -0.367 e. The van der Waals surface area contributed by atoms with E-state index in [2.05, 4.69) is 21.2 Å². The lowest BCUT2D eigenvalue weighted by molar-refractivity contribution is 0.820. The van der Waals surface area contributed by atoms with Crippen LogP contribution in [0.2, 0.25) is 0 Å². The van der Waals surface area contributed by atoms with Crippen molar-refractivity contribution in [2.75, 3.05) is 5.32 Å². The summed E-state index contributed by atoms with van der Waals surface area (Å²) in [6.07, 6.45) is 9.06. The Hall–Kier alpha value is -1.56. The number of nitrogens with one attached hydrogen (secondary N) is 1. The molecule has 3 heteroatoms. The highest BCUT2D eigenvalue weighted by Crippen LogP contribution is 2.02. The second-order valence-corrected chi connectivity index (χ2v) is 2.55. The van der Waals surface area contributed by atoms with Crippen LogP contribution in [0.1, 0.15) is 13.3 Å². The van der Waals surface area contributed by atoms with Gasteiger partial charge in [-0.15, -0.1) is 12.3 Å². The lowest BCUT2D eigenvalue weighted by atomic mass is 10.2. The van der Waals surface area contributed by atoms with Gasteiger partial charge >= 0.3 is 0 Å². The molecule has 0 aliphatic carbocycles. The van der Waals surface area contributed by atoms with Crippen molar-refractivity contribution in [3.05, 3.63) is 18.6 Å². The van der Waals surface area contributed by atoms with Crippen LogP contribution in [0.25, 0.3) is 0 Å². The first-order valence-electron chi connectivity index (χ1n) is 3.79. The first kappa shape index (κ1) is 8.54. The summed E-state index contributed by atoms with van der Waals surface area (Å²) in [5.74, 6) is 3.39. The van der Waals surface area contributed by atoms with Gasteiger partial charge in [0, 0.05) is 18.7 Å². The molecular formula is C9H11N3. The van der Waals surface area contributed by atoms with Gasteiger partial charge in [-0.05, 0) is 13.0 Å². The second kappa shape index (κ2) is 4.35. The summed E-state index contributed by atoms with van der Waals surface area (Å²) in [6.45, 7) is 2.02. The minimum atomic E-state index is 0.255. The highest BCUT2D eigenvalue weighted by molar-refractivity contribution is 5.32. The number of rotatable bonds is 3. The molecule has 0 saturated carbocycles. The van der Waals surface area contributed by atoms with Crippen molar-refractivity contribution in [1.82, 2.24) is 9.97 Å². The van der Waals surface area contributed by atoms with Crippen molar-refractivity contribution in [3.63, 3.8) is 0 Å². The summed E-state index contributed by atoms with van der Waals surface area (Å²) in [5, 5.41) is 3.15. The summed E-state index contributed by atoms with van der Waals surface area (Å²) in [5.41, 5.74) is 0. The molecule has 12 heavy (non-hydrogen) atoms. The van der Waals surface area contributed by atoms with E-state index in [9.17, 15) is 0 Å². The maximum atomic E-state index is 5.16. The zero-order valence-electron chi connectivity index (χ0n) is 6.99. The van der Waals surface area contributed by atoms with Gasteiger partial charge in [0.05, 0.1) is 0 Å². The van der Waals surface area contributed by atoms with Crippen molar-refractivity contribution < 1.29 is 0 Å². The molecule has 1 heterocycles. The molecule has 0 spiro atoms.